The number of anilines is 2. The summed E-state index contributed by atoms with van der Waals surface area (Å²) in [6.45, 7) is 0. The van der Waals surface area contributed by atoms with E-state index >= 15 is 0 Å². The van der Waals surface area contributed by atoms with Gasteiger partial charge in [0.2, 0.25) is 0 Å². The summed E-state index contributed by atoms with van der Waals surface area (Å²) in [5.41, 5.74) is 0.745. The molecular formula is C22H13ClF2N2O2S. The van der Waals surface area contributed by atoms with E-state index in [1.54, 1.807) is 24.3 Å². The minimum Gasteiger partial charge on any atom is -0.350 e. The van der Waals surface area contributed by atoms with Crippen LogP contribution in [0.25, 0.3) is 0 Å². The van der Waals surface area contributed by atoms with E-state index in [0.717, 1.165) is 16.7 Å². The number of nitrogens with zero attached hydrogens (tertiary/aromatic N) is 1. The zero-order valence-electron chi connectivity index (χ0n) is 15.2. The third-order valence-electron chi connectivity index (χ3n) is 4.27. The van der Waals surface area contributed by atoms with E-state index < -0.39 is 23.4 Å². The number of hydrogen-bond donors (Lipinski definition) is 1. The van der Waals surface area contributed by atoms with E-state index in [1.165, 1.54) is 48.5 Å². The van der Waals surface area contributed by atoms with Crippen LogP contribution in [-0.2, 0) is 9.59 Å². The maximum atomic E-state index is 13.3. The number of halogens is 3. The maximum Gasteiger partial charge on any atom is 0.283 e. The van der Waals surface area contributed by atoms with Gasteiger partial charge in [-0.25, -0.2) is 13.7 Å². The first-order valence-corrected chi connectivity index (χ1v) is 9.96. The Morgan fingerprint density at radius 2 is 1.33 bits per heavy atom. The lowest BCUT2D eigenvalue weighted by molar-refractivity contribution is -0.120. The van der Waals surface area contributed by atoms with Crippen molar-refractivity contribution in [2.45, 2.75) is 4.90 Å². The molecule has 3 aromatic carbocycles. The topological polar surface area (TPSA) is 49.4 Å². The number of amides is 2. The van der Waals surface area contributed by atoms with E-state index in [2.05, 4.69) is 5.32 Å². The van der Waals surface area contributed by atoms with Crippen molar-refractivity contribution < 1.29 is 18.4 Å². The fourth-order valence-electron chi connectivity index (χ4n) is 2.84. The summed E-state index contributed by atoms with van der Waals surface area (Å²) in [5, 5.41) is 3.46. The molecule has 3 aromatic rings. The summed E-state index contributed by atoms with van der Waals surface area (Å²) in [4.78, 5) is 28.1. The highest BCUT2D eigenvalue weighted by Gasteiger charge is 2.40. The van der Waals surface area contributed by atoms with Crippen molar-refractivity contribution in [3.63, 3.8) is 0 Å². The number of rotatable bonds is 5. The Kier molecular flexibility index (Phi) is 5.57. The molecule has 30 heavy (non-hydrogen) atoms. The number of nitrogens with one attached hydrogen (secondary N) is 1. The summed E-state index contributed by atoms with van der Waals surface area (Å²) in [6.07, 6.45) is 0. The van der Waals surface area contributed by atoms with Crippen LogP contribution < -0.4 is 10.2 Å². The first-order valence-electron chi connectivity index (χ1n) is 8.77. The second-order valence-electron chi connectivity index (χ2n) is 6.31. The van der Waals surface area contributed by atoms with Crippen molar-refractivity contribution in [3.05, 3.63) is 100 Å². The van der Waals surface area contributed by atoms with Crippen LogP contribution in [0.15, 0.2) is 88.3 Å². The van der Waals surface area contributed by atoms with Gasteiger partial charge in [-0.15, -0.1) is 0 Å². The quantitative estimate of drug-likeness (QED) is 0.522. The largest absolute Gasteiger partial charge is 0.350 e. The predicted octanol–water partition coefficient (Wildman–Crippen LogP) is 5.61. The van der Waals surface area contributed by atoms with Crippen molar-refractivity contribution in [3.8, 4) is 0 Å². The van der Waals surface area contributed by atoms with Gasteiger partial charge in [0.05, 0.1) is 5.69 Å². The van der Waals surface area contributed by atoms with Gasteiger partial charge in [-0.2, -0.15) is 0 Å². The molecule has 1 aliphatic heterocycles. The Morgan fingerprint density at radius 3 is 1.93 bits per heavy atom. The molecular weight excluding hydrogens is 430 g/mol. The Labute approximate surface area is 180 Å². The van der Waals surface area contributed by atoms with Crippen LogP contribution >= 0.6 is 23.4 Å². The molecule has 0 atom stereocenters. The molecule has 0 saturated heterocycles. The van der Waals surface area contributed by atoms with Crippen LogP contribution in [0, 0.1) is 11.6 Å². The molecule has 1 aliphatic rings. The van der Waals surface area contributed by atoms with Crippen LogP contribution in [0.2, 0.25) is 5.02 Å². The molecule has 4 rings (SSSR count). The SMILES string of the molecule is O=C1C(Nc2ccc(F)cc2)=C(Sc2ccc(Cl)cc2)C(=O)N1c1ccc(F)cc1. The molecule has 8 heteroatoms. The Hall–Kier alpha value is -3.16. The average molecular weight is 443 g/mol. The number of benzene rings is 3. The Balaban J connectivity index is 1.73. The van der Waals surface area contributed by atoms with Crippen molar-refractivity contribution in [1.82, 2.24) is 0 Å². The van der Waals surface area contributed by atoms with Crippen molar-refractivity contribution in [2.24, 2.45) is 0 Å². The van der Waals surface area contributed by atoms with Gasteiger partial charge in [-0.05, 0) is 72.8 Å². The fraction of sp³-hybridized carbons (Fsp3) is 0. The number of hydrogen-bond acceptors (Lipinski definition) is 4. The summed E-state index contributed by atoms with van der Waals surface area (Å²) < 4.78 is 26.5. The van der Waals surface area contributed by atoms with Gasteiger partial charge in [0, 0.05) is 15.6 Å². The van der Waals surface area contributed by atoms with Gasteiger partial charge in [0.25, 0.3) is 11.8 Å². The van der Waals surface area contributed by atoms with Crippen LogP contribution in [-0.4, -0.2) is 11.8 Å². The van der Waals surface area contributed by atoms with Crippen molar-refractivity contribution >= 4 is 46.6 Å². The third-order valence-corrected chi connectivity index (χ3v) is 5.62. The normalized spacial score (nSPS) is 13.9. The monoisotopic (exact) mass is 442 g/mol. The number of imide groups is 1. The third kappa shape index (κ3) is 4.08. The molecule has 4 nitrogen and oxygen atoms in total. The first kappa shape index (κ1) is 20.1. The minimum absolute atomic E-state index is 0.0517. The van der Waals surface area contributed by atoms with Crippen molar-refractivity contribution in [2.75, 3.05) is 10.2 Å². The lowest BCUT2D eigenvalue weighted by Crippen LogP contribution is -2.32. The molecule has 0 aromatic heterocycles. The Morgan fingerprint density at radius 1 is 0.767 bits per heavy atom. The predicted molar refractivity (Wildman–Crippen MR) is 113 cm³/mol. The molecule has 1 N–H and O–H groups in total. The highest BCUT2D eigenvalue weighted by atomic mass is 35.5. The van der Waals surface area contributed by atoms with Crippen LogP contribution in [0.1, 0.15) is 0 Å². The lowest BCUT2D eigenvalue weighted by atomic mass is 10.2. The molecule has 150 valence electrons. The summed E-state index contributed by atoms with van der Waals surface area (Å²) in [7, 11) is 0. The first-order chi connectivity index (χ1) is 14.4. The smallest absolute Gasteiger partial charge is 0.283 e. The van der Waals surface area contributed by atoms with Crippen LogP contribution in [0.5, 0.6) is 0 Å². The van der Waals surface area contributed by atoms with Crippen LogP contribution in [0.3, 0.4) is 0 Å². The van der Waals surface area contributed by atoms with Gasteiger partial charge in [0.1, 0.15) is 22.2 Å². The van der Waals surface area contributed by atoms with Gasteiger partial charge in [0.15, 0.2) is 0 Å². The molecule has 0 radical (unpaired) electrons. The number of carbonyl (C=O) groups is 2. The summed E-state index contributed by atoms with van der Waals surface area (Å²) in [6, 6.07) is 17.3. The summed E-state index contributed by atoms with van der Waals surface area (Å²) >= 11 is 7.02. The number of thioether (sulfide) groups is 1. The van der Waals surface area contributed by atoms with E-state index in [9.17, 15) is 18.4 Å². The molecule has 0 aliphatic carbocycles. The summed E-state index contributed by atoms with van der Waals surface area (Å²) in [5.74, 6) is -2.04. The van der Waals surface area contributed by atoms with E-state index in [1.807, 2.05) is 0 Å². The number of carbonyl (C=O) groups excluding carboxylic acids is 2. The second-order valence-corrected chi connectivity index (χ2v) is 7.83. The van der Waals surface area contributed by atoms with Gasteiger partial charge < -0.3 is 5.32 Å². The Bertz CT molecular complexity index is 1080. The average Bonchev–Trinajstić information content (AvgIpc) is 2.96. The molecule has 0 saturated carbocycles. The highest BCUT2D eigenvalue weighted by molar-refractivity contribution is 8.04. The molecule has 0 spiro atoms. The van der Waals surface area contributed by atoms with Crippen molar-refractivity contribution in [1.29, 1.82) is 0 Å². The molecule has 0 bridgehead atoms. The van der Waals surface area contributed by atoms with Gasteiger partial charge in [-0.1, -0.05) is 23.4 Å². The highest BCUT2D eigenvalue weighted by Crippen LogP contribution is 2.38. The van der Waals surface area contributed by atoms with Gasteiger partial charge >= 0.3 is 0 Å². The lowest BCUT2D eigenvalue weighted by Gasteiger charge is -2.15. The second kappa shape index (κ2) is 8.30. The zero-order chi connectivity index (χ0) is 21.3. The molecule has 1 heterocycles. The fourth-order valence-corrected chi connectivity index (χ4v) is 3.89. The van der Waals surface area contributed by atoms with Crippen LogP contribution in [0.4, 0.5) is 20.2 Å². The minimum atomic E-state index is -0.590. The van der Waals surface area contributed by atoms with E-state index in [-0.39, 0.29) is 16.3 Å². The molecule has 0 fully saturated rings. The molecule has 0 unspecified atom stereocenters. The standard InChI is InChI=1S/C22H13ClF2N2O2S/c23-13-1-11-18(12-2-13)30-20-19(26-16-7-3-14(24)4-8-16)21(28)27(22(20)29)17-9-5-15(25)6-10-17/h1-12,26H. The van der Waals surface area contributed by atoms with E-state index in [4.69, 9.17) is 11.6 Å². The maximum absolute atomic E-state index is 13.3. The van der Waals surface area contributed by atoms with Gasteiger partial charge in [-0.3, -0.25) is 9.59 Å². The zero-order valence-corrected chi connectivity index (χ0v) is 16.8. The van der Waals surface area contributed by atoms with E-state index in [0.29, 0.717) is 15.6 Å². The molecule has 2 amide bonds.